The average Bonchev–Trinajstić information content (AvgIpc) is 2.48. The summed E-state index contributed by atoms with van der Waals surface area (Å²) in [5.41, 5.74) is 1.25. The van der Waals surface area contributed by atoms with E-state index in [0.717, 1.165) is 5.56 Å². The molecule has 0 bridgehead atoms. The summed E-state index contributed by atoms with van der Waals surface area (Å²) in [5, 5.41) is 1.27. The molecule has 2 rings (SSSR count). The molecular formula is C18H18O5. The molecule has 0 unspecified atom stereocenters. The van der Waals surface area contributed by atoms with Crippen LogP contribution in [-0.2, 0) is 9.59 Å². The number of fused-ring (bicyclic) bond motifs is 1. The second-order valence-electron chi connectivity index (χ2n) is 5.22. The number of methoxy groups -OCH3 is 1. The van der Waals surface area contributed by atoms with Gasteiger partial charge in [-0.3, -0.25) is 4.79 Å². The molecule has 0 aliphatic heterocycles. The van der Waals surface area contributed by atoms with E-state index in [1.165, 1.54) is 20.1 Å². The highest BCUT2D eigenvalue weighted by molar-refractivity contribution is 6.00. The lowest BCUT2D eigenvalue weighted by molar-refractivity contribution is -0.132. The standard InChI is InChI=1S/C18H18O5/c1-10(2)18(20)23-17-13-7-6-11(3)8-14(13)15(22-12(4)19)9-16(17)21-5/h6-9H,1H2,2-5H3. The van der Waals surface area contributed by atoms with Crippen molar-refractivity contribution in [1.82, 2.24) is 0 Å². The van der Waals surface area contributed by atoms with Gasteiger partial charge in [0, 0.05) is 29.3 Å². The van der Waals surface area contributed by atoms with Crippen molar-refractivity contribution in [3.63, 3.8) is 0 Å². The van der Waals surface area contributed by atoms with E-state index in [-0.39, 0.29) is 11.3 Å². The van der Waals surface area contributed by atoms with Gasteiger partial charge in [0.05, 0.1) is 7.11 Å². The summed E-state index contributed by atoms with van der Waals surface area (Å²) in [4.78, 5) is 23.2. The molecule has 0 saturated heterocycles. The molecule has 5 nitrogen and oxygen atoms in total. The summed E-state index contributed by atoms with van der Waals surface area (Å²) < 4.78 is 16.0. The van der Waals surface area contributed by atoms with Crippen LogP contribution in [0.3, 0.4) is 0 Å². The Kier molecular flexibility index (Phi) is 4.69. The van der Waals surface area contributed by atoms with Gasteiger partial charge in [0.1, 0.15) is 5.75 Å². The van der Waals surface area contributed by atoms with Crippen molar-refractivity contribution < 1.29 is 23.8 Å². The second-order valence-corrected chi connectivity index (χ2v) is 5.22. The fourth-order valence-corrected chi connectivity index (χ4v) is 2.13. The highest BCUT2D eigenvalue weighted by atomic mass is 16.6. The predicted octanol–water partition coefficient (Wildman–Crippen LogP) is 3.56. The molecule has 0 spiro atoms. The zero-order chi connectivity index (χ0) is 17.1. The first kappa shape index (κ1) is 16.5. The van der Waals surface area contributed by atoms with Crippen LogP contribution in [0.15, 0.2) is 36.4 Å². The Labute approximate surface area is 134 Å². The van der Waals surface area contributed by atoms with Crippen molar-refractivity contribution in [3.8, 4) is 17.2 Å². The zero-order valence-corrected chi connectivity index (χ0v) is 13.6. The predicted molar refractivity (Wildman–Crippen MR) is 87.0 cm³/mol. The lowest BCUT2D eigenvalue weighted by Crippen LogP contribution is -2.10. The number of aryl methyl sites for hydroxylation is 1. The Morgan fingerprint density at radius 1 is 1.00 bits per heavy atom. The van der Waals surface area contributed by atoms with E-state index in [1.807, 2.05) is 19.1 Å². The van der Waals surface area contributed by atoms with Gasteiger partial charge in [0.15, 0.2) is 11.5 Å². The molecule has 2 aromatic rings. The van der Waals surface area contributed by atoms with Crippen molar-refractivity contribution in [1.29, 1.82) is 0 Å². The molecule has 0 aromatic heterocycles. The Balaban J connectivity index is 2.73. The lowest BCUT2D eigenvalue weighted by Gasteiger charge is -2.15. The lowest BCUT2D eigenvalue weighted by atomic mass is 10.0. The molecule has 23 heavy (non-hydrogen) atoms. The molecule has 120 valence electrons. The molecule has 5 heteroatoms. The Morgan fingerprint density at radius 3 is 2.26 bits per heavy atom. The van der Waals surface area contributed by atoms with Crippen molar-refractivity contribution in [2.75, 3.05) is 7.11 Å². The molecule has 0 radical (unpaired) electrons. The van der Waals surface area contributed by atoms with E-state index in [1.54, 1.807) is 13.0 Å². The fourth-order valence-electron chi connectivity index (χ4n) is 2.13. The maximum Gasteiger partial charge on any atom is 0.338 e. The minimum Gasteiger partial charge on any atom is -0.493 e. The first-order chi connectivity index (χ1) is 10.8. The second kappa shape index (κ2) is 6.52. The largest absolute Gasteiger partial charge is 0.493 e. The number of rotatable bonds is 4. The van der Waals surface area contributed by atoms with Gasteiger partial charge in [-0.05, 0) is 19.9 Å². The number of hydrogen-bond donors (Lipinski definition) is 0. The number of ether oxygens (including phenoxy) is 3. The molecule has 0 aliphatic rings. The average molecular weight is 314 g/mol. The quantitative estimate of drug-likeness (QED) is 0.490. The van der Waals surface area contributed by atoms with E-state index < -0.39 is 11.9 Å². The van der Waals surface area contributed by atoms with Crippen molar-refractivity contribution in [2.45, 2.75) is 20.8 Å². The van der Waals surface area contributed by atoms with Gasteiger partial charge < -0.3 is 14.2 Å². The van der Waals surface area contributed by atoms with E-state index in [0.29, 0.717) is 22.3 Å². The monoisotopic (exact) mass is 314 g/mol. The van der Waals surface area contributed by atoms with Crippen LogP contribution < -0.4 is 14.2 Å². The van der Waals surface area contributed by atoms with E-state index >= 15 is 0 Å². The van der Waals surface area contributed by atoms with Gasteiger partial charge in [-0.25, -0.2) is 4.79 Å². The molecule has 0 fully saturated rings. The number of benzene rings is 2. The summed E-state index contributed by atoms with van der Waals surface area (Å²) in [6.07, 6.45) is 0. The third-order valence-electron chi connectivity index (χ3n) is 3.19. The third kappa shape index (κ3) is 3.51. The van der Waals surface area contributed by atoms with Gasteiger partial charge in [-0.15, -0.1) is 0 Å². The molecule has 0 atom stereocenters. The van der Waals surface area contributed by atoms with Crippen molar-refractivity contribution in [3.05, 3.63) is 42.0 Å². The summed E-state index contributed by atoms with van der Waals surface area (Å²) in [5.74, 6) is -0.0752. The van der Waals surface area contributed by atoms with Crippen molar-refractivity contribution in [2.24, 2.45) is 0 Å². The highest BCUT2D eigenvalue weighted by Crippen LogP contribution is 2.42. The first-order valence-corrected chi connectivity index (χ1v) is 7.01. The number of esters is 2. The van der Waals surface area contributed by atoms with Crippen LogP contribution in [0, 0.1) is 6.92 Å². The van der Waals surface area contributed by atoms with Crippen LogP contribution >= 0.6 is 0 Å². The van der Waals surface area contributed by atoms with Crippen LogP contribution in [0.5, 0.6) is 17.2 Å². The smallest absolute Gasteiger partial charge is 0.338 e. The Hall–Kier alpha value is -2.82. The van der Waals surface area contributed by atoms with Crippen LogP contribution in [0.4, 0.5) is 0 Å². The minimum absolute atomic E-state index is 0.270. The summed E-state index contributed by atoms with van der Waals surface area (Å²) in [6.45, 7) is 8.38. The summed E-state index contributed by atoms with van der Waals surface area (Å²) in [7, 11) is 1.45. The highest BCUT2D eigenvalue weighted by Gasteiger charge is 2.19. The van der Waals surface area contributed by atoms with E-state index in [2.05, 4.69) is 6.58 Å². The van der Waals surface area contributed by atoms with Gasteiger partial charge in [-0.1, -0.05) is 24.3 Å². The molecule has 0 aliphatic carbocycles. The summed E-state index contributed by atoms with van der Waals surface area (Å²) in [6, 6.07) is 7.05. The topological polar surface area (TPSA) is 61.8 Å². The van der Waals surface area contributed by atoms with Gasteiger partial charge in [0.25, 0.3) is 0 Å². The number of carbonyl (C=O) groups excluding carboxylic acids is 2. The molecule has 0 saturated carbocycles. The normalized spacial score (nSPS) is 10.3. The molecular weight excluding hydrogens is 296 g/mol. The van der Waals surface area contributed by atoms with Gasteiger partial charge >= 0.3 is 11.9 Å². The molecule has 0 heterocycles. The molecule has 0 N–H and O–H groups in total. The minimum atomic E-state index is -0.551. The Bertz CT molecular complexity index is 805. The van der Waals surface area contributed by atoms with Crippen LogP contribution in [-0.4, -0.2) is 19.0 Å². The van der Waals surface area contributed by atoms with Gasteiger partial charge in [-0.2, -0.15) is 0 Å². The SMILES string of the molecule is C=C(C)C(=O)Oc1c(OC)cc(OC(C)=O)c2cc(C)ccc12. The van der Waals surface area contributed by atoms with E-state index in [4.69, 9.17) is 14.2 Å². The third-order valence-corrected chi connectivity index (χ3v) is 3.19. The van der Waals surface area contributed by atoms with Crippen LogP contribution in [0.2, 0.25) is 0 Å². The number of carbonyl (C=O) groups is 2. The van der Waals surface area contributed by atoms with Crippen LogP contribution in [0.1, 0.15) is 19.4 Å². The van der Waals surface area contributed by atoms with E-state index in [9.17, 15) is 9.59 Å². The Morgan fingerprint density at radius 2 is 1.70 bits per heavy atom. The molecule has 0 amide bonds. The van der Waals surface area contributed by atoms with Gasteiger partial charge in [0.2, 0.25) is 0 Å². The van der Waals surface area contributed by atoms with Crippen molar-refractivity contribution >= 4 is 22.7 Å². The van der Waals surface area contributed by atoms with Crippen LogP contribution in [0.25, 0.3) is 10.8 Å². The summed E-state index contributed by atoms with van der Waals surface area (Å²) >= 11 is 0. The molecule has 2 aromatic carbocycles. The maximum atomic E-state index is 11.9. The number of hydrogen-bond acceptors (Lipinski definition) is 5. The zero-order valence-electron chi connectivity index (χ0n) is 13.6. The first-order valence-electron chi connectivity index (χ1n) is 7.01. The maximum absolute atomic E-state index is 11.9. The fraction of sp³-hybridized carbons (Fsp3) is 0.222.